The molecule has 5 aromatic carbocycles. The number of ether oxygens (including phenoxy) is 1. The highest BCUT2D eigenvalue weighted by Crippen LogP contribution is 2.44. The molecular weight excluding hydrogens is 957 g/mol. The first-order valence-corrected chi connectivity index (χ1v) is 24.9. The predicted molar refractivity (Wildman–Crippen MR) is 277 cm³/mol. The number of carbonyl (C=O) groups excluding carboxylic acids is 3. The van der Waals surface area contributed by atoms with E-state index in [0.29, 0.717) is 21.8 Å². The Morgan fingerprint density at radius 1 is 0.831 bits per heavy atom. The van der Waals surface area contributed by atoms with E-state index in [1.165, 1.54) is 39.7 Å². The normalized spacial score (nSPS) is 15.8. The van der Waals surface area contributed by atoms with Crippen molar-refractivity contribution in [3.05, 3.63) is 228 Å². The fourth-order valence-corrected chi connectivity index (χ4v) is 11.2. The van der Waals surface area contributed by atoms with Gasteiger partial charge in [0.15, 0.2) is 22.8 Å². The lowest BCUT2D eigenvalue weighted by Crippen LogP contribution is -2.71. The molecule has 2 aliphatic rings. The van der Waals surface area contributed by atoms with Crippen LogP contribution in [0.25, 0.3) is 0 Å². The Morgan fingerprint density at radius 2 is 1.37 bits per heavy atom. The molecule has 1 saturated heterocycles. The number of nitrogens with zero attached hydrogens (tertiary/aromatic N) is 5. The first kappa shape index (κ1) is 48.2. The van der Waals surface area contributed by atoms with Crippen molar-refractivity contribution in [2.45, 2.75) is 49.4 Å². The summed E-state index contributed by atoms with van der Waals surface area (Å²) in [5, 5.41) is 18.4. The van der Waals surface area contributed by atoms with Crippen molar-refractivity contribution < 1.29 is 24.0 Å². The van der Waals surface area contributed by atoms with Crippen molar-refractivity contribution >= 4 is 68.8 Å². The van der Waals surface area contributed by atoms with Crippen molar-refractivity contribution in [1.82, 2.24) is 30.0 Å². The Balaban J connectivity index is 1.02. The fourth-order valence-electron chi connectivity index (χ4n) is 8.80. The second kappa shape index (κ2) is 21.1. The maximum absolute atomic E-state index is 14.8. The van der Waals surface area contributed by atoms with Crippen LogP contribution in [-0.4, -0.2) is 77.3 Å². The van der Waals surface area contributed by atoms with Crippen LogP contribution in [0.1, 0.15) is 71.7 Å². The van der Waals surface area contributed by atoms with Gasteiger partial charge in [0.2, 0.25) is 0 Å². The van der Waals surface area contributed by atoms with E-state index in [-0.39, 0.29) is 40.0 Å². The molecule has 7 aromatic rings. The Kier molecular flexibility index (Phi) is 14.3. The van der Waals surface area contributed by atoms with Crippen molar-refractivity contribution in [3.63, 3.8) is 0 Å². The summed E-state index contributed by atoms with van der Waals surface area (Å²) in [5.41, 5.74) is 2.03. The molecule has 9 rings (SSSR count). The van der Waals surface area contributed by atoms with E-state index in [9.17, 15) is 24.0 Å². The number of benzene rings is 5. The summed E-state index contributed by atoms with van der Waals surface area (Å²) in [7, 11) is 1.31. The maximum atomic E-state index is 14.8. The number of β-lactam (4-membered cyclic amide) rings is 1. The predicted octanol–water partition coefficient (Wildman–Crippen LogP) is 7.52. The monoisotopic (exact) mass is 1000 g/mol. The van der Waals surface area contributed by atoms with Gasteiger partial charge in [-0.25, -0.2) is 14.9 Å². The van der Waals surface area contributed by atoms with Crippen molar-refractivity contribution in [2.75, 3.05) is 18.2 Å². The molecule has 15 nitrogen and oxygen atoms in total. The van der Waals surface area contributed by atoms with Gasteiger partial charge < -0.3 is 20.2 Å². The molecule has 4 heterocycles. The van der Waals surface area contributed by atoms with Crippen LogP contribution < -0.4 is 21.8 Å². The van der Waals surface area contributed by atoms with Gasteiger partial charge in [0, 0.05) is 23.6 Å². The summed E-state index contributed by atoms with van der Waals surface area (Å²) in [5.74, 6) is -1.89. The number of rotatable bonds is 17. The van der Waals surface area contributed by atoms with Gasteiger partial charge in [-0.1, -0.05) is 169 Å². The summed E-state index contributed by atoms with van der Waals surface area (Å²) < 4.78 is 7.55. The minimum absolute atomic E-state index is 0.0499. The molecule has 358 valence electrons. The number of H-pyrrole nitrogens is 1. The number of aromatic amines is 1. The third-order valence-electron chi connectivity index (χ3n) is 12.1. The van der Waals surface area contributed by atoms with Gasteiger partial charge in [-0.05, 0) is 47.2 Å². The van der Waals surface area contributed by atoms with E-state index in [1.54, 1.807) is 19.2 Å². The van der Waals surface area contributed by atoms with Gasteiger partial charge in [-0.2, -0.15) is 5.10 Å². The zero-order valence-electron chi connectivity index (χ0n) is 38.6. The molecule has 2 atom stereocenters. The van der Waals surface area contributed by atoms with Crippen LogP contribution in [0.4, 0.5) is 5.13 Å². The van der Waals surface area contributed by atoms with Crippen molar-refractivity contribution in [1.29, 1.82) is 0 Å². The number of thioether (sulfide) groups is 1. The molecule has 0 saturated carbocycles. The Bertz CT molecular complexity index is 3140. The van der Waals surface area contributed by atoms with Crippen LogP contribution in [0.15, 0.2) is 183 Å². The summed E-state index contributed by atoms with van der Waals surface area (Å²) in [6.07, 6.45) is -0.946. The molecule has 0 spiro atoms. The number of thiazole rings is 1. The molecule has 2 amide bonds. The standard InChI is InChI=1S/C53H46N8O7S3/c1-32(2)60-45(57-58-47(63)49(60)65)40(69)29-35-30-70-50-42(48(64)61(50)43(35)51(66)68-44(33-19-9-4-10-20-33)34-21-11-5-12-22-34)55-46(62)41(59-67-3)39-31-71-52(54-39)56-53(36-23-13-6-14-24-36,37-25-15-7-16-26-37)38-27-17-8-18-28-38/h4-28,31-32,42,44,50H,29-30H2,1-3H3,(H,54,56)(H,55,62)(H,58,63). The number of carbonyl (C=O) groups is 3. The van der Waals surface area contributed by atoms with Crippen molar-refractivity contribution in [2.24, 2.45) is 5.16 Å². The van der Waals surface area contributed by atoms with Crippen LogP contribution in [0.2, 0.25) is 0 Å². The number of aromatic nitrogens is 4. The molecule has 2 aliphatic heterocycles. The Hall–Kier alpha value is -7.80. The first-order chi connectivity index (χ1) is 34.5. The quantitative estimate of drug-likeness (QED) is 0.0119. The number of fused-ring (bicyclic) bond motifs is 1. The minimum atomic E-state index is -1.10. The highest BCUT2D eigenvalue weighted by Gasteiger charge is 2.55. The maximum Gasteiger partial charge on any atom is 0.356 e. The van der Waals surface area contributed by atoms with Gasteiger partial charge in [0.05, 0.1) is 4.86 Å². The van der Waals surface area contributed by atoms with Crippen LogP contribution in [0.5, 0.6) is 0 Å². The number of thiocarbonyl (C=S) groups is 1. The second-order valence-corrected chi connectivity index (χ2v) is 19.3. The van der Waals surface area contributed by atoms with E-state index < -0.39 is 58.0 Å². The molecule has 1 fully saturated rings. The van der Waals surface area contributed by atoms with Gasteiger partial charge in [0.25, 0.3) is 11.8 Å². The molecule has 2 unspecified atom stereocenters. The van der Waals surface area contributed by atoms with E-state index >= 15 is 0 Å². The van der Waals surface area contributed by atoms with E-state index in [0.717, 1.165) is 16.7 Å². The summed E-state index contributed by atoms with van der Waals surface area (Å²) in [6, 6.07) is 46.9. The lowest BCUT2D eigenvalue weighted by molar-refractivity contribution is -0.154. The van der Waals surface area contributed by atoms with Crippen LogP contribution >= 0.6 is 35.3 Å². The number of nitrogens with one attached hydrogen (secondary N) is 3. The topological polar surface area (TPSA) is 190 Å². The summed E-state index contributed by atoms with van der Waals surface area (Å²) in [4.78, 5) is 80.5. The molecule has 0 bridgehead atoms. The van der Waals surface area contributed by atoms with Gasteiger partial charge in [-0.15, -0.1) is 23.1 Å². The number of esters is 1. The van der Waals surface area contributed by atoms with E-state index in [4.69, 9.17) is 26.8 Å². The zero-order valence-corrected chi connectivity index (χ0v) is 41.0. The average Bonchev–Trinajstić information content (AvgIpc) is 3.87. The van der Waals surface area contributed by atoms with Gasteiger partial charge >= 0.3 is 17.1 Å². The lowest BCUT2D eigenvalue weighted by atomic mass is 9.77. The highest BCUT2D eigenvalue weighted by atomic mass is 32.2. The number of hydrogen-bond donors (Lipinski definition) is 3. The molecule has 0 aliphatic carbocycles. The molecule has 2 aromatic heterocycles. The second-order valence-electron chi connectivity index (χ2n) is 16.8. The number of anilines is 1. The molecular formula is C53H46N8O7S3. The molecule has 18 heteroatoms. The number of hydrogen-bond acceptors (Lipinski definition) is 14. The third-order valence-corrected chi connectivity index (χ3v) is 14.5. The zero-order chi connectivity index (χ0) is 49.6. The Morgan fingerprint density at radius 3 is 1.89 bits per heavy atom. The van der Waals surface area contributed by atoms with Crippen LogP contribution in [0.3, 0.4) is 0 Å². The Labute approximate surface area is 421 Å². The van der Waals surface area contributed by atoms with Crippen LogP contribution in [-0.2, 0) is 29.5 Å². The highest BCUT2D eigenvalue weighted by molar-refractivity contribution is 8.00. The molecule has 0 radical (unpaired) electrons. The van der Waals surface area contributed by atoms with Gasteiger partial charge in [0.1, 0.15) is 35.5 Å². The molecule has 71 heavy (non-hydrogen) atoms. The smallest absolute Gasteiger partial charge is 0.356 e. The van der Waals surface area contributed by atoms with E-state index in [2.05, 4.69) is 26.0 Å². The number of amides is 2. The van der Waals surface area contributed by atoms with Crippen LogP contribution in [0, 0.1) is 0 Å². The summed E-state index contributed by atoms with van der Waals surface area (Å²) >= 11 is 8.44. The molecule has 3 N–H and O–H groups in total. The van der Waals surface area contributed by atoms with Gasteiger partial charge in [-0.3, -0.25) is 28.6 Å². The fraction of sp³-hybridized carbons (Fsp3) is 0.189. The summed E-state index contributed by atoms with van der Waals surface area (Å²) in [6.45, 7) is 3.44. The lowest BCUT2D eigenvalue weighted by Gasteiger charge is -2.49. The minimum Gasteiger partial charge on any atom is -0.448 e. The number of oxime groups is 1. The third kappa shape index (κ3) is 9.60. The largest absolute Gasteiger partial charge is 0.448 e. The average molecular weight is 1000 g/mol. The SMILES string of the molecule is CON=C(C(=O)NC1C(=O)N2C(C(=O)OC(c3ccccc3)c3ccccc3)=C(CC(=S)c3n[nH]c(=O)c(=O)n3C(C)C)CSC12)c1csc(NC(c2ccccc2)(c2ccccc2)c2ccccc2)n1. The van der Waals surface area contributed by atoms with E-state index in [1.807, 2.05) is 152 Å². The first-order valence-electron chi connectivity index (χ1n) is 22.5. The van der Waals surface area contributed by atoms with Crippen molar-refractivity contribution in [3.8, 4) is 0 Å².